The van der Waals surface area contributed by atoms with Crippen LogP contribution in [0.25, 0.3) is 20.8 Å². The number of fused-ring (bicyclic) bond motifs is 1. The van der Waals surface area contributed by atoms with Crippen LogP contribution in [0.3, 0.4) is 0 Å². The molecule has 1 N–H and O–H groups in total. The molecule has 0 saturated carbocycles. The van der Waals surface area contributed by atoms with E-state index >= 15 is 0 Å². The van der Waals surface area contributed by atoms with Crippen LogP contribution in [0.15, 0.2) is 36.4 Å². The predicted octanol–water partition coefficient (Wildman–Crippen LogP) is 4.98. The molecule has 0 fully saturated rings. The minimum atomic E-state index is 0.236. The topological polar surface area (TPSA) is 33.1 Å². The highest BCUT2D eigenvalue weighted by molar-refractivity contribution is 7.21. The van der Waals surface area contributed by atoms with Crippen molar-refractivity contribution >= 4 is 44.8 Å². The minimum absolute atomic E-state index is 0.236. The van der Waals surface area contributed by atoms with Gasteiger partial charge in [-0.15, -0.1) is 11.3 Å². The average Bonchev–Trinajstić information content (AvgIpc) is 2.71. The van der Waals surface area contributed by atoms with Crippen LogP contribution in [0.2, 0.25) is 10.0 Å². The van der Waals surface area contributed by atoms with Gasteiger partial charge in [-0.1, -0.05) is 23.2 Å². The van der Waals surface area contributed by atoms with Crippen molar-refractivity contribution in [1.82, 2.24) is 4.98 Å². The third-order valence-corrected chi connectivity index (χ3v) is 4.13. The monoisotopic (exact) mass is 295 g/mol. The van der Waals surface area contributed by atoms with E-state index in [1.165, 1.54) is 11.3 Å². The summed E-state index contributed by atoms with van der Waals surface area (Å²) in [5.41, 5.74) is 1.69. The summed E-state index contributed by atoms with van der Waals surface area (Å²) >= 11 is 13.5. The Kier molecular flexibility index (Phi) is 2.90. The molecule has 0 spiro atoms. The molecule has 18 heavy (non-hydrogen) atoms. The van der Waals surface area contributed by atoms with E-state index in [2.05, 4.69) is 4.98 Å². The minimum Gasteiger partial charge on any atom is -0.508 e. The van der Waals surface area contributed by atoms with Crippen LogP contribution >= 0.6 is 34.5 Å². The van der Waals surface area contributed by atoms with E-state index in [0.29, 0.717) is 10.0 Å². The Hall–Kier alpha value is -1.29. The van der Waals surface area contributed by atoms with Crippen molar-refractivity contribution in [3.8, 4) is 16.3 Å². The first-order valence-electron chi connectivity index (χ1n) is 5.18. The third kappa shape index (κ3) is 2.05. The molecule has 90 valence electrons. The Morgan fingerprint density at radius 2 is 1.89 bits per heavy atom. The van der Waals surface area contributed by atoms with Gasteiger partial charge in [-0.3, -0.25) is 0 Å². The van der Waals surface area contributed by atoms with E-state index in [-0.39, 0.29) is 5.75 Å². The molecule has 2 aromatic carbocycles. The van der Waals surface area contributed by atoms with Crippen LogP contribution in [-0.2, 0) is 0 Å². The maximum atomic E-state index is 9.44. The van der Waals surface area contributed by atoms with Gasteiger partial charge in [0.2, 0.25) is 0 Å². The molecule has 0 aliphatic rings. The van der Waals surface area contributed by atoms with Crippen molar-refractivity contribution in [2.24, 2.45) is 0 Å². The van der Waals surface area contributed by atoms with Gasteiger partial charge in [0.15, 0.2) is 0 Å². The van der Waals surface area contributed by atoms with Crippen molar-refractivity contribution in [1.29, 1.82) is 0 Å². The zero-order valence-electron chi connectivity index (χ0n) is 9.02. The molecule has 0 radical (unpaired) electrons. The zero-order valence-corrected chi connectivity index (χ0v) is 11.4. The first kappa shape index (κ1) is 11.8. The molecule has 0 saturated heterocycles. The van der Waals surface area contributed by atoms with Gasteiger partial charge in [0.25, 0.3) is 0 Å². The highest BCUT2D eigenvalue weighted by Gasteiger charge is 2.10. The smallest absolute Gasteiger partial charge is 0.126 e. The fourth-order valence-corrected chi connectivity index (χ4v) is 3.28. The number of hydrogen-bond donors (Lipinski definition) is 1. The Morgan fingerprint density at radius 1 is 1.06 bits per heavy atom. The molecule has 0 amide bonds. The van der Waals surface area contributed by atoms with E-state index in [4.69, 9.17) is 23.2 Å². The number of rotatable bonds is 1. The van der Waals surface area contributed by atoms with Crippen LogP contribution in [0, 0.1) is 0 Å². The van der Waals surface area contributed by atoms with Crippen LogP contribution in [0.1, 0.15) is 0 Å². The van der Waals surface area contributed by atoms with E-state index in [1.807, 2.05) is 6.07 Å². The average molecular weight is 296 g/mol. The molecule has 0 aliphatic heterocycles. The number of aromatic hydroxyl groups is 1. The second-order valence-corrected chi connectivity index (χ2v) is 5.67. The van der Waals surface area contributed by atoms with Crippen molar-refractivity contribution in [3.63, 3.8) is 0 Å². The number of aromatic nitrogens is 1. The molecule has 3 rings (SSSR count). The summed E-state index contributed by atoms with van der Waals surface area (Å²) in [6, 6.07) is 10.4. The highest BCUT2D eigenvalue weighted by Crippen LogP contribution is 2.36. The molecule has 0 unspecified atom stereocenters. The van der Waals surface area contributed by atoms with Gasteiger partial charge in [0.1, 0.15) is 10.8 Å². The molecule has 0 bridgehead atoms. The number of phenolic OH excluding ortho intramolecular Hbond substituents is 1. The molecule has 1 heterocycles. The first-order valence-corrected chi connectivity index (χ1v) is 6.76. The Labute approximate surface area is 117 Å². The Balaban J connectivity index is 2.19. The van der Waals surface area contributed by atoms with E-state index < -0.39 is 0 Å². The van der Waals surface area contributed by atoms with Crippen LogP contribution in [0.4, 0.5) is 0 Å². The largest absolute Gasteiger partial charge is 0.508 e. The SMILES string of the molecule is Oc1ccc2nc(-c3ccc(Cl)cc3Cl)sc2c1. The van der Waals surface area contributed by atoms with E-state index in [1.54, 1.807) is 30.3 Å². The second-order valence-electron chi connectivity index (χ2n) is 3.80. The molecule has 0 aliphatic carbocycles. The van der Waals surface area contributed by atoms with Crippen molar-refractivity contribution in [3.05, 3.63) is 46.4 Å². The summed E-state index contributed by atoms with van der Waals surface area (Å²) in [6.07, 6.45) is 0. The summed E-state index contributed by atoms with van der Waals surface area (Å²) < 4.78 is 0.927. The number of hydrogen-bond acceptors (Lipinski definition) is 3. The van der Waals surface area contributed by atoms with Gasteiger partial charge in [0.05, 0.1) is 15.2 Å². The van der Waals surface area contributed by atoms with Gasteiger partial charge < -0.3 is 5.11 Å². The molecule has 3 aromatic rings. The normalized spacial score (nSPS) is 11.0. The lowest BCUT2D eigenvalue weighted by atomic mass is 10.2. The van der Waals surface area contributed by atoms with Gasteiger partial charge in [-0.05, 0) is 36.4 Å². The third-order valence-electron chi connectivity index (χ3n) is 2.53. The number of halogens is 2. The maximum Gasteiger partial charge on any atom is 0.126 e. The molecule has 2 nitrogen and oxygen atoms in total. The zero-order chi connectivity index (χ0) is 12.7. The lowest BCUT2D eigenvalue weighted by Crippen LogP contribution is -1.77. The summed E-state index contributed by atoms with van der Waals surface area (Å²) in [7, 11) is 0. The number of nitrogens with zero attached hydrogens (tertiary/aromatic N) is 1. The molecule has 0 atom stereocenters. The van der Waals surface area contributed by atoms with Crippen LogP contribution in [-0.4, -0.2) is 10.1 Å². The van der Waals surface area contributed by atoms with E-state index in [0.717, 1.165) is 20.8 Å². The van der Waals surface area contributed by atoms with Crippen molar-refractivity contribution in [2.45, 2.75) is 0 Å². The van der Waals surface area contributed by atoms with Crippen LogP contribution in [0.5, 0.6) is 5.75 Å². The molecular weight excluding hydrogens is 289 g/mol. The van der Waals surface area contributed by atoms with Gasteiger partial charge in [0, 0.05) is 10.6 Å². The highest BCUT2D eigenvalue weighted by atomic mass is 35.5. The summed E-state index contributed by atoms with van der Waals surface area (Å²) in [6.45, 7) is 0. The number of phenols is 1. The van der Waals surface area contributed by atoms with Crippen LogP contribution < -0.4 is 0 Å². The van der Waals surface area contributed by atoms with Gasteiger partial charge >= 0.3 is 0 Å². The molecular formula is C13H7Cl2NOS. The summed E-state index contributed by atoms with van der Waals surface area (Å²) in [5, 5.41) is 11.4. The lowest BCUT2D eigenvalue weighted by molar-refractivity contribution is 0.476. The molecule has 5 heteroatoms. The van der Waals surface area contributed by atoms with Crippen molar-refractivity contribution < 1.29 is 5.11 Å². The summed E-state index contributed by atoms with van der Waals surface area (Å²) in [4.78, 5) is 4.49. The Morgan fingerprint density at radius 3 is 2.67 bits per heavy atom. The summed E-state index contributed by atoms with van der Waals surface area (Å²) in [5.74, 6) is 0.236. The van der Waals surface area contributed by atoms with Gasteiger partial charge in [-0.25, -0.2) is 4.98 Å². The quantitative estimate of drug-likeness (QED) is 0.687. The number of benzene rings is 2. The standard InChI is InChI=1S/C13H7Cl2NOS/c14-7-1-3-9(10(15)5-7)13-16-11-4-2-8(17)6-12(11)18-13/h1-6,17H. The lowest BCUT2D eigenvalue weighted by Gasteiger charge is -1.99. The predicted molar refractivity (Wildman–Crippen MR) is 76.7 cm³/mol. The number of thiazole rings is 1. The van der Waals surface area contributed by atoms with Gasteiger partial charge in [-0.2, -0.15) is 0 Å². The maximum absolute atomic E-state index is 9.44. The fraction of sp³-hybridized carbons (Fsp3) is 0. The molecule has 1 aromatic heterocycles. The fourth-order valence-electron chi connectivity index (χ4n) is 1.69. The Bertz CT molecular complexity index is 739. The van der Waals surface area contributed by atoms with Crippen molar-refractivity contribution in [2.75, 3.05) is 0 Å². The first-order chi connectivity index (χ1) is 8.63. The van der Waals surface area contributed by atoms with E-state index in [9.17, 15) is 5.11 Å². The second kappa shape index (κ2) is 4.43.